The maximum absolute atomic E-state index is 12.2. The van der Waals surface area contributed by atoms with Crippen LogP contribution in [0.5, 0.6) is 5.75 Å². The molecule has 4 heteroatoms. The molecule has 1 amide bonds. The van der Waals surface area contributed by atoms with Crippen molar-refractivity contribution in [1.29, 1.82) is 0 Å². The van der Waals surface area contributed by atoms with Crippen LogP contribution in [0.2, 0.25) is 0 Å². The van der Waals surface area contributed by atoms with Crippen molar-refractivity contribution in [2.45, 2.75) is 39.7 Å². The molecule has 0 aromatic heterocycles. The molecule has 1 heterocycles. The molecule has 19 heavy (non-hydrogen) atoms. The van der Waals surface area contributed by atoms with Gasteiger partial charge < -0.3 is 15.4 Å². The third-order valence-corrected chi connectivity index (χ3v) is 3.86. The van der Waals surface area contributed by atoms with Crippen molar-refractivity contribution in [3.05, 3.63) is 28.8 Å². The molecule has 104 valence electrons. The van der Waals surface area contributed by atoms with E-state index in [0.717, 1.165) is 29.5 Å². The third-order valence-electron chi connectivity index (χ3n) is 3.86. The number of rotatable bonds is 1. The minimum atomic E-state index is -0.260. The number of benzene rings is 1. The summed E-state index contributed by atoms with van der Waals surface area (Å²) in [6, 6.07) is 4.24. The van der Waals surface area contributed by atoms with Gasteiger partial charge in [0, 0.05) is 19.1 Å². The standard InChI is InChI=1S/C15H22N2O2/c1-10-4-5-11(2)14(12(10)3)19-15(18)17-8-6-13(16)7-9-17/h4-5,13H,6-9,16H2,1-3H3. The van der Waals surface area contributed by atoms with Gasteiger partial charge in [0.15, 0.2) is 0 Å². The van der Waals surface area contributed by atoms with Gasteiger partial charge in [0.25, 0.3) is 0 Å². The average molecular weight is 262 g/mol. The van der Waals surface area contributed by atoms with Crippen molar-refractivity contribution >= 4 is 6.09 Å². The van der Waals surface area contributed by atoms with Crippen molar-refractivity contribution < 1.29 is 9.53 Å². The lowest BCUT2D eigenvalue weighted by Gasteiger charge is -2.29. The van der Waals surface area contributed by atoms with E-state index in [1.54, 1.807) is 4.90 Å². The lowest BCUT2D eigenvalue weighted by molar-refractivity contribution is 0.138. The lowest BCUT2D eigenvalue weighted by Crippen LogP contribution is -2.44. The van der Waals surface area contributed by atoms with Crippen LogP contribution in [-0.4, -0.2) is 30.1 Å². The summed E-state index contributed by atoms with van der Waals surface area (Å²) in [4.78, 5) is 13.9. The number of nitrogens with two attached hydrogens (primary N) is 1. The van der Waals surface area contributed by atoms with E-state index in [1.165, 1.54) is 0 Å². The summed E-state index contributed by atoms with van der Waals surface area (Å²) < 4.78 is 5.58. The maximum atomic E-state index is 12.2. The summed E-state index contributed by atoms with van der Waals surface area (Å²) in [5.74, 6) is 0.694. The first-order chi connectivity index (χ1) is 8.99. The number of hydrogen-bond donors (Lipinski definition) is 1. The van der Waals surface area contributed by atoms with Crippen molar-refractivity contribution in [2.24, 2.45) is 5.73 Å². The second-order valence-corrected chi connectivity index (χ2v) is 5.35. The molecule has 1 aromatic rings. The first-order valence-corrected chi connectivity index (χ1v) is 6.78. The summed E-state index contributed by atoms with van der Waals surface area (Å²) in [5, 5.41) is 0. The Labute approximate surface area is 114 Å². The number of aryl methyl sites for hydroxylation is 2. The predicted octanol–water partition coefficient (Wildman–Crippen LogP) is 2.53. The van der Waals surface area contributed by atoms with E-state index in [-0.39, 0.29) is 12.1 Å². The van der Waals surface area contributed by atoms with Crippen LogP contribution >= 0.6 is 0 Å². The predicted molar refractivity (Wildman–Crippen MR) is 75.5 cm³/mol. The summed E-state index contributed by atoms with van der Waals surface area (Å²) in [6.45, 7) is 7.33. The molecule has 0 spiro atoms. The Morgan fingerprint density at radius 2 is 1.79 bits per heavy atom. The van der Waals surface area contributed by atoms with Gasteiger partial charge >= 0.3 is 6.09 Å². The van der Waals surface area contributed by atoms with E-state index in [4.69, 9.17) is 10.5 Å². The van der Waals surface area contributed by atoms with E-state index >= 15 is 0 Å². The topological polar surface area (TPSA) is 55.6 Å². The zero-order chi connectivity index (χ0) is 14.0. The van der Waals surface area contributed by atoms with Gasteiger partial charge in [-0.25, -0.2) is 4.79 Å². The minimum absolute atomic E-state index is 0.214. The molecule has 0 aliphatic carbocycles. The van der Waals surface area contributed by atoms with Gasteiger partial charge in [0.05, 0.1) is 0 Å². The van der Waals surface area contributed by atoms with Crippen LogP contribution in [-0.2, 0) is 0 Å². The van der Waals surface area contributed by atoms with Crippen LogP contribution in [0.4, 0.5) is 4.79 Å². The molecule has 1 aromatic carbocycles. The van der Waals surface area contributed by atoms with Crippen molar-refractivity contribution in [3.8, 4) is 5.75 Å². The van der Waals surface area contributed by atoms with Crippen LogP contribution in [0, 0.1) is 20.8 Å². The Morgan fingerprint density at radius 1 is 1.21 bits per heavy atom. The van der Waals surface area contributed by atoms with E-state index in [0.29, 0.717) is 18.8 Å². The quantitative estimate of drug-likeness (QED) is 0.846. The molecule has 0 bridgehead atoms. The summed E-state index contributed by atoms with van der Waals surface area (Å²) in [5.41, 5.74) is 8.99. The molecule has 1 aliphatic rings. The highest BCUT2D eigenvalue weighted by atomic mass is 16.6. The number of hydrogen-bond acceptors (Lipinski definition) is 3. The highest BCUT2D eigenvalue weighted by Gasteiger charge is 2.23. The Bertz CT molecular complexity index is 477. The van der Waals surface area contributed by atoms with E-state index < -0.39 is 0 Å². The average Bonchev–Trinajstić information content (AvgIpc) is 2.40. The molecule has 4 nitrogen and oxygen atoms in total. The molecule has 0 unspecified atom stereocenters. The number of piperidine rings is 1. The number of likely N-dealkylation sites (tertiary alicyclic amines) is 1. The molecular weight excluding hydrogens is 240 g/mol. The van der Waals surface area contributed by atoms with Gasteiger partial charge in [-0.05, 0) is 50.3 Å². The molecule has 2 rings (SSSR count). The Hall–Kier alpha value is -1.55. The van der Waals surface area contributed by atoms with Gasteiger partial charge in [-0.2, -0.15) is 0 Å². The van der Waals surface area contributed by atoms with Crippen molar-refractivity contribution in [2.75, 3.05) is 13.1 Å². The van der Waals surface area contributed by atoms with Gasteiger partial charge in [-0.3, -0.25) is 0 Å². The number of carbonyl (C=O) groups excluding carboxylic acids is 1. The van der Waals surface area contributed by atoms with Crippen LogP contribution in [0.15, 0.2) is 12.1 Å². The second kappa shape index (κ2) is 5.61. The normalized spacial score (nSPS) is 16.5. The van der Waals surface area contributed by atoms with Gasteiger partial charge in [0.2, 0.25) is 0 Å². The fourth-order valence-electron chi connectivity index (χ4n) is 2.32. The van der Waals surface area contributed by atoms with Crippen molar-refractivity contribution in [3.63, 3.8) is 0 Å². The molecule has 0 atom stereocenters. The molecule has 2 N–H and O–H groups in total. The summed E-state index contributed by atoms with van der Waals surface area (Å²) in [7, 11) is 0. The van der Waals surface area contributed by atoms with Crippen LogP contribution < -0.4 is 10.5 Å². The molecule has 1 fully saturated rings. The zero-order valence-corrected chi connectivity index (χ0v) is 11.9. The third kappa shape index (κ3) is 3.07. The van der Waals surface area contributed by atoms with E-state index in [1.807, 2.05) is 32.9 Å². The number of amides is 1. The first-order valence-electron chi connectivity index (χ1n) is 6.78. The van der Waals surface area contributed by atoms with Gasteiger partial charge in [0.1, 0.15) is 5.75 Å². The Balaban J connectivity index is 2.09. The summed E-state index contributed by atoms with van der Waals surface area (Å²) in [6.07, 6.45) is 1.44. The van der Waals surface area contributed by atoms with E-state index in [9.17, 15) is 4.79 Å². The monoisotopic (exact) mass is 262 g/mol. The highest BCUT2D eigenvalue weighted by Crippen LogP contribution is 2.26. The van der Waals surface area contributed by atoms with Crippen LogP contribution in [0.3, 0.4) is 0 Å². The molecular formula is C15H22N2O2. The van der Waals surface area contributed by atoms with Crippen LogP contribution in [0.1, 0.15) is 29.5 Å². The zero-order valence-electron chi connectivity index (χ0n) is 11.9. The van der Waals surface area contributed by atoms with Gasteiger partial charge in [-0.15, -0.1) is 0 Å². The fourth-order valence-corrected chi connectivity index (χ4v) is 2.32. The largest absolute Gasteiger partial charge is 0.415 e. The Morgan fingerprint density at radius 3 is 2.42 bits per heavy atom. The highest BCUT2D eigenvalue weighted by molar-refractivity contribution is 5.72. The fraction of sp³-hybridized carbons (Fsp3) is 0.533. The Kier molecular flexibility index (Phi) is 4.10. The maximum Gasteiger partial charge on any atom is 0.415 e. The number of ether oxygens (including phenoxy) is 1. The molecule has 0 saturated carbocycles. The number of carbonyl (C=O) groups is 1. The SMILES string of the molecule is Cc1ccc(C)c(OC(=O)N2CCC(N)CC2)c1C. The molecule has 1 aliphatic heterocycles. The smallest absolute Gasteiger partial charge is 0.410 e. The summed E-state index contributed by atoms with van der Waals surface area (Å²) >= 11 is 0. The number of nitrogens with zero attached hydrogens (tertiary/aromatic N) is 1. The minimum Gasteiger partial charge on any atom is -0.410 e. The van der Waals surface area contributed by atoms with Crippen LogP contribution in [0.25, 0.3) is 0 Å². The van der Waals surface area contributed by atoms with Crippen molar-refractivity contribution in [1.82, 2.24) is 4.90 Å². The second-order valence-electron chi connectivity index (χ2n) is 5.35. The first kappa shape index (κ1) is 13.9. The van der Waals surface area contributed by atoms with E-state index in [2.05, 4.69) is 0 Å². The van der Waals surface area contributed by atoms with Gasteiger partial charge in [-0.1, -0.05) is 12.1 Å². The molecule has 1 saturated heterocycles. The lowest BCUT2D eigenvalue weighted by atomic mass is 10.1. The molecule has 0 radical (unpaired) electrons.